The minimum atomic E-state index is -0.472. The molecule has 2 aromatic carbocycles. The highest BCUT2D eigenvalue weighted by molar-refractivity contribution is 6.35. The summed E-state index contributed by atoms with van der Waals surface area (Å²) >= 11 is 18.9. The van der Waals surface area contributed by atoms with Gasteiger partial charge in [0.25, 0.3) is 6.47 Å². The Hall–Kier alpha value is -2.78. The van der Waals surface area contributed by atoms with E-state index in [-0.39, 0.29) is 12.4 Å². The second-order valence-corrected chi connectivity index (χ2v) is 11.5. The maximum Gasteiger partial charge on any atom is 0.290 e. The first-order valence-electron chi connectivity index (χ1n) is 13.8. The molecule has 2 aliphatic rings. The summed E-state index contributed by atoms with van der Waals surface area (Å²) in [6, 6.07) is 12.7. The van der Waals surface area contributed by atoms with Gasteiger partial charge in [-0.2, -0.15) is 5.10 Å². The van der Waals surface area contributed by atoms with Crippen molar-refractivity contribution in [3.8, 4) is 5.75 Å². The van der Waals surface area contributed by atoms with Gasteiger partial charge >= 0.3 is 0 Å². The van der Waals surface area contributed by atoms with Crippen LogP contribution in [0.5, 0.6) is 5.75 Å². The van der Waals surface area contributed by atoms with E-state index in [9.17, 15) is 4.79 Å². The largest absolute Gasteiger partial charge is 0.492 e. The summed E-state index contributed by atoms with van der Waals surface area (Å²) in [7, 11) is 0. The second-order valence-electron chi connectivity index (χ2n) is 10.2. The quantitative estimate of drug-likeness (QED) is 0.286. The minimum absolute atomic E-state index is 0.0522. The zero-order valence-corrected chi connectivity index (χ0v) is 25.1. The molecule has 1 N–H and O–H groups in total. The standard InChI is InChI=1S/C29H33Cl3N4O2.CH2O2/c30-23-5-4-22(26(32)19-23)18-27(36-13-3-10-33-36)29(37)35-14-8-21(9-15-35)25-7-6-24(31)20-28(25)38-17-16-34-11-1-2-12-34;2-1-3/h3-7,10,13,19-21,27H,1-2,8-9,11-12,14-18H2;1H,(H,2,3). The Labute approximate surface area is 255 Å². The fraction of sp³-hybridized carbons (Fsp3) is 0.433. The molecule has 0 bridgehead atoms. The van der Waals surface area contributed by atoms with Gasteiger partial charge in [0.15, 0.2) is 0 Å². The Kier molecular flexibility index (Phi) is 11.7. The number of rotatable bonds is 9. The topological polar surface area (TPSA) is 87.9 Å². The molecule has 2 aliphatic heterocycles. The summed E-state index contributed by atoms with van der Waals surface area (Å²) < 4.78 is 7.97. The van der Waals surface area contributed by atoms with Gasteiger partial charge in [0.2, 0.25) is 5.91 Å². The number of carboxylic acid groups (broad SMARTS) is 1. The van der Waals surface area contributed by atoms with E-state index < -0.39 is 6.04 Å². The minimum Gasteiger partial charge on any atom is -0.492 e. The molecule has 11 heteroatoms. The molecule has 3 aromatic rings. The maximum absolute atomic E-state index is 13.8. The Morgan fingerprint density at radius 2 is 1.73 bits per heavy atom. The highest BCUT2D eigenvalue weighted by Crippen LogP contribution is 2.37. The van der Waals surface area contributed by atoms with Crippen LogP contribution in [0, 0.1) is 0 Å². The number of piperidine rings is 1. The van der Waals surface area contributed by atoms with Gasteiger partial charge < -0.3 is 14.7 Å². The van der Waals surface area contributed by atoms with Gasteiger partial charge in [-0.05, 0) is 86.1 Å². The number of carbonyl (C=O) groups is 2. The summed E-state index contributed by atoms with van der Waals surface area (Å²) in [6.07, 6.45) is 8.25. The summed E-state index contributed by atoms with van der Waals surface area (Å²) in [4.78, 5) is 26.5. The van der Waals surface area contributed by atoms with E-state index in [4.69, 9.17) is 49.4 Å². The van der Waals surface area contributed by atoms with Crippen molar-refractivity contribution < 1.29 is 19.4 Å². The Balaban J connectivity index is 0.00000124. The van der Waals surface area contributed by atoms with Gasteiger partial charge in [0.1, 0.15) is 18.4 Å². The lowest BCUT2D eigenvalue weighted by atomic mass is 9.88. The van der Waals surface area contributed by atoms with Crippen molar-refractivity contribution in [3.05, 3.63) is 81.1 Å². The SMILES string of the molecule is O=C(C(Cc1ccc(Cl)cc1Cl)n1cccn1)N1CCC(c2ccc(Cl)cc2OCCN2CCCC2)CC1.O=CO. The summed E-state index contributed by atoms with van der Waals surface area (Å²) in [6.45, 7) is 5.00. The number of hydrogen-bond acceptors (Lipinski definition) is 5. The van der Waals surface area contributed by atoms with Crippen LogP contribution in [-0.2, 0) is 16.0 Å². The smallest absolute Gasteiger partial charge is 0.290 e. The van der Waals surface area contributed by atoms with Crippen molar-refractivity contribution in [2.45, 2.75) is 44.1 Å². The average Bonchev–Trinajstić information content (AvgIpc) is 3.68. The van der Waals surface area contributed by atoms with Crippen molar-refractivity contribution in [3.63, 3.8) is 0 Å². The van der Waals surface area contributed by atoms with Crippen molar-refractivity contribution in [2.75, 3.05) is 39.3 Å². The highest BCUT2D eigenvalue weighted by atomic mass is 35.5. The van der Waals surface area contributed by atoms with Gasteiger partial charge in [-0.1, -0.05) is 46.9 Å². The van der Waals surface area contributed by atoms with E-state index in [2.05, 4.69) is 16.1 Å². The predicted molar refractivity (Wildman–Crippen MR) is 161 cm³/mol. The third-order valence-corrected chi connectivity index (χ3v) is 8.47. The van der Waals surface area contributed by atoms with Gasteiger partial charge in [-0.15, -0.1) is 0 Å². The number of halogens is 3. The lowest BCUT2D eigenvalue weighted by Crippen LogP contribution is -2.43. The third-order valence-electron chi connectivity index (χ3n) is 7.64. The van der Waals surface area contributed by atoms with Crippen LogP contribution < -0.4 is 4.74 Å². The molecule has 1 unspecified atom stereocenters. The molecule has 41 heavy (non-hydrogen) atoms. The van der Waals surface area contributed by atoms with E-state index >= 15 is 0 Å². The number of ether oxygens (including phenoxy) is 1. The molecule has 2 fully saturated rings. The average molecular weight is 622 g/mol. The number of carbonyl (C=O) groups excluding carboxylic acids is 1. The lowest BCUT2D eigenvalue weighted by molar-refractivity contribution is -0.136. The molecule has 1 atom stereocenters. The summed E-state index contributed by atoms with van der Waals surface area (Å²) in [5, 5.41) is 13.1. The predicted octanol–water partition coefficient (Wildman–Crippen LogP) is 6.21. The van der Waals surface area contributed by atoms with Crippen molar-refractivity contribution >= 4 is 47.2 Å². The normalized spacial score (nSPS) is 16.6. The number of aromatic nitrogens is 2. The van der Waals surface area contributed by atoms with E-state index in [0.29, 0.717) is 47.1 Å². The molecule has 2 saturated heterocycles. The molecule has 1 aromatic heterocycles. The first kappa shape index (κ1) is 31.2. The molecule has 0 saturated carbocycles. The van der Waals surface area contributed by atoms with Gasteiger partial charge in [0, 0.05) is 53.5 Å². The fourth-order valence-corrected chi connectivity index (χ4v) is 6.19. The number of nitrogens with zero attached hydrogens (tertiary/aromatic N) is 4. The van der Waals surface area contributed by atoms with Crippen LogP contribution in [0.25, 0.3) is 0 Å². The second kappa shape index (κ2) is 15.4. The van der Waals surface area contributed by atoms with Crippen molar-refractivity contribution in [1.82, 2.24) is 19.6 Å². The molecule has 0 radical (unpaired) electrons. The molecule has 0 aliphatic carbocycles. The molecular formula is C30H35Cl3N4O4. The molecular weight excluding hydrogens is 587 g/mol. The number of likely N-dealkylation sites (tertiary alicyclic amines) is 2. The van der Waals surface area contributed by atoms with Crippen molar-refractivity contribution in [1.29, 1.82) is 0 Å². The van der Waals surface area contributed by atoms with Crippen LogP contribution in [0.4, 0.5) is 0 Å². The molecule has 220 valence electrons. The van der Waals surface area contributed by atoms with Crippen LogP contribution in [-0.4, -0.2) is 76.4 Å². The monoisotopic (exact) mass is 620 g/mol. The van der Waals surface area contributed by atoms with Crippen molar-refractivity contribution in [2.24, 2.45) is 0 Å². The summed E-state index contributed by atoms with van der Waals surface area (Å²) in [5.74, 6) is 1.23. The summed E-state index contributed by atoms with van der Waals surface area (Å²) in [5.41, 5.74) is 2.05. The first-order chi connectivity index (χ1) is 19.9. The number of benzene rings is 2. The van der Waals surface area contributed by atoms with E-state index in [1.807, 2.05) is 35.4 Å². The highest BCUT2D eigenvalue weighted by Gasteiger charge is 2.31. The maximum atomic E-state index is 13.8. The fourth-order valence-electron chi connectivity index (χ4n) is 5.54. The molecule has 1 amide bonds. The van der Waals surface area contributed by atoms with Crippen LogP contribution in [0.15, 0.2) is 54.9 Å². The lowest BCUT2D eigenvalue weighted by Gasteiger charge is -2.35. The van der Waals surface area contributed by atoms with E-state index in [1.54, 1.807) is 23.0 Å². The number of amides is 1. The Morgan fingerprint density at radius 3 is 2.39 bits per heavy atom. The first-order valence-corrected chi connectivity index (χ1v) is 15.0. The Morgan fingerprint density at radius 1 is 1.05 bits per heavy atom. The van der Waals surface area contributed by atoms with Crippen LogP contribution in [0.3, 0.4) is 0 Å². The zero-order valence-electron chi connectivity index (χ0n) is 22.8. The molecule has 3 heterocycles. The van der Waals surface area contributed by atoms with Gasteiger partial charge in [0.05, 0.1) is 0 Å². The molecule has 8 nitrogen and oxygen atoms in total. The zero-order chi connectivity index (χ0) is 29.2. The third kappa shape index (κ3) is 8.61. The van der Waals surface area contributed by atoms with Crippen LogP contribution in [0.2, 0.25) is 15.1 Å². The van der Waals surface area contributed by atoms with Gasteiger partial charge in [-0.25, -0.2) is 0 Å². The van der Waals surface area contributed by atoms with E-state index in [0.717, 1.165) is 43.8 Å². The van der Waals surface area contributed by atoms with E-state index in [1.165, 1.54) is 18.4 Å². The van der Waals surface area contributed by atoms with Crippen LogP contribution in [0.1, 0.15) is 48.8 Å². The van der Waals surface area contributed by atoms with Crippen LogP contribution >= 0.6 is 34.8 Å². The number of hydrogen-bond donors (Lipinski definition) is 1. The Bertz CT molecular complexity index is 1280. The molecule has 0 spiro atoms. The molecule has 5 rings (SSSR count). The van der Waals surface area contributed by atoms with Gasteiger partial charge in [-0.3, -0.25) is 19.2 Å².